The first kappa shape index (κ1) is 15.5. The summed E-state index contributed by atoms with van der Waals surface area (Å²) in [6, 6.07) is 5.24. The second-order valence-electron chi connectivity index (χ2n) is 6.53. The highest BCUT2D eigenvalue weighted by Crippen LogP contribution is 2.25. The number of hydrogen-bond donors (Lipinski definition) is 1. The summed E-state index contributed by atoms with van der Waals surface area (Å²) in [6.45, 7) is 9.93. The molecule has 0 aromatic heterocycles. The van der Waals surface area contributed by atoms with Crippen LogP contribution in [0, 0.1) is 20.8 Å². The first-order chi connectivity index (χ1) is 9.38. The Kier molecular flexibility index (Phi) is 4.84. The third-order valence-corrected chi connectivity index (χ3v) is 4.79. The third kappa shape index (κ3) is 3.40. The average molecular weight is 275 g/mol. The topological polar surface area (TPSA) is 32.5 Å². The van der Waals surface area contributed by atoms with Gasteiger partial charge in [-0.15, -0.1) is 0 Å². The molecule has 1 aliphatic rings. The summed E-state index contributed by atoms with van der Waals surface area (Å²) in [5, 5.41) is 0. The van der Waals surface area contributed by atoms with Crippen molar-refractivity contribution < 1.29 is 0 Å². The number of rotatable bonds is 3. The summed E-state index contributed by atoms with van der Waals surface area (Å²) < 4.78 is 0. The van der Waals surface area contributed by atoms with Gasteiger partial charge in [-0.2, -0.15) is 0 Å². The minimum atomic E-state index is 0.133. The molecular formula is C17H29N3. The fourth-order valence-electron chi connectivity index (χ4n) is 3.16. The van der Waals surface area contributed by atoms with Crippen molar-refractivity contribution in [2.75, 3.05) is 33.7 Å². The van der Waals surface area contributed by atoms with E-state index in [0.29, 0.717) is 6.04 Å². The molecule has 3 heteroatoms. The van der Waals surface area contributed by atoms with E-state index in [4.69, 9.17) is 5.73 Å². The Morgan fingerprint density at radius 3 is 2.45 bits per heavy atom. The van der Waals surface area contributed by atoms with Gasteiger partial charge >= 0.3 is 0 Å². The second-order valence-corrected chi connectivity index (χ2v) is 6.53. The lowest BCUT2D eigenvalue weighted by atomic mass is 9.92. The van der Waals surface area contributed by atoms with E-state index in [2.05, 4.69) is 56.8 Å². The maximum atomic E-state index is 6.51. The van der Waals surface area contributed by atoms with Crippen molar-refractivity contribution in [2.45, 2.75) is 39.3 Å². The van der Waals surface area contributed by atoms with Crippen molar-refractivity contribution in [1.82, 2.24) is 9.80 Å². The SMILES string of the molecule is Cc1cc(C)c(C(N)CC2CN(C)CCN2C)cc1C. The van der Waals surface area contributed by atoms with Crippen molar-refractivity contribution in [3.63, 3.8) is 0 Å². The smallest absolute Gasteiger partial charge is 0.0313 e. The van der Waals surface area contributed by atoms with Gasteiger partial charge in [-0.1, -0.05) is 12.1 Å². The van der Waals surface area contributed by atoms with E-state index in [9.17, 15) is 0 Å². The molecule has 3 nitrogen and oxygen atoms in total. The molecule has 0 amide bonds. The molecule has 2 atom stereocenters. The molecule has 1 fully saturated rings. The second kappa shape index (κ2) is 6.25. The maximum absolute atomic E-state index is 6.51. The lowest BCUT2D eigenvalue weighted by Gasteiger charge is -2.39. The zero-order valence-corrected chi connectivity index (χ0v) is 13.6. The molecule has 112 valence electrons. The van der Waals surface area contributed by atoms with Crippen LogP contribution in [0.15, 0.2) is 12.1 Å². The Morgan fingerprint density at radius 1 is 1.10 bits per heavy atom. The minimum Gasteiger partial charge on any atom is -0.324 e. The fraction of sp³-hybridized carbons (Fsp3) is 0.647. The highest BCUT2D eigenvalue weighted by Gasteiger charge is 2.25. The minimum absolute atomic E-state index is 0.133. The molecule has 1 saturated heterocycles. The Bertz CT molecular complexity index is 470. The summed E-state index contributed by atoms with van der Waals surface area (Å²) in [7, 11) is 4.42. The quantitative estimate of drug-likeness (QED) is 0.918. The van der Waals surface area contributed by atoms with Gasteiger partial charge in [0.15, 0.2) is 0 Å². The van der Waals surface area contributed by atoms with E-state index in [1.165, 1.54) is 22.3 Å². The summed E-state index contributed by atoms with van der Waals surface area (Å²) >= 11 is 0. The number of aryl methyl sites for hydroxylation is 3. The predicted octanol–water partition coefficient (Wildman–Crippen LogP) is 2.25. The van der Waals surface area contributed by atoms with Gasteiger partial charge in [-0.25, -0.2) is 0 Å². The van der Waals surface area contributed by atoms with Crippen molar-refractivity contribution in [3.8, 4) is 0 Å². The van der Waals surface area contributed by atoms with Crippen molar-refractivity contribution in [3.05, 3.63) is 34.4 Å². The van der Waals surface area contributed by atoms with E-state index in [-0.39, 0.29) is 6.04 Å². The molecule has 0 spiro atoms. The molecule has 2 unspecified atom stereocenters. The number of benzene rings is 1. The van der Waals surface area contributed by atoms with Crippen molar-refractivity contribution in [1.29, 1.82) is 0 Å². The standard InChI is InChI=1S/C17H29N3/c1-12-8-14(3)16(9-13(12)2)17(18)10-15-11-19(4)6-7-20(15)5/h8-9,15,17H,6-7,10-11,18H2,1-5H3. The monoisotopic (exact) mass is 275 g/mol. The summed E-state index contributed by atoms with van der Waals surface area (Å²) in [5.41, 5.74) is 11.8. The number of piperazine rings is 1. The van der Waals surface area contributed by atoms with Crippen molar-refractivity contribution >= 4 is 0 Å². The Morgan fingerprint density at radius 2 is 1.75 bits per heavy atom. The number of likely N-dealkylation sites (N-methyl/N-ethyl adjacent to an activating group) is 2. The molecule has 1 aromatic carbocycles. The number of nitrogens with zero attached hydrogens (tertiary/aromatic N) is 2. The number of nitrogens with two attached hydrogens (primary N) is 1. The van der Waals surface area contributed by atoms with Gasteiger partial charge in [-0.3, -0.25) is 0 Å². The molecule has 1 aromatic rings. The molecule has 2 N–H and O–H groups in total. The average Bonchev–Trinajstić information content (AvgIpc) is 2.38. The van der Waals surface area contributed by atoms with Gasteiger partial charge in [0, 0.05) is 31.7 Å². The van der Waals surface area contributed by atoms with Gasteiger partial charge in [0.2, 0.25) is 0 Å². The van der Waals surface area contributed by atoms with Gasteiger partial charge in [0.05, 0.1) is 0 Å². The maximum Gasteiger partial charge on any atom is 0.0313 e. The van der Waals surface area contributed by atoms with E-state index in [0.717, 1.165) is 26.1 Å². The summed E-state index contributed by atoms with van der Waals surface area (Å²) in [6.07, 6.45) is 1.03. The highest BCUT2D eigenvalue weighted by atomic mass is 15.3. The molecule has 1 heterocycles. The largest absolute Gasteiger partial charge is 0.324 e. The van der Waals surface area contributed by atoms with Gasteiger partial charge in [-0.05, 0) is 63.5 Å². The fourth-order valence-corrected chi connectivity index (χ4v) is 3.16. The van der Waals surface area contributed by atoms with E-state index >= 15 is 0 Å². The molecule has 0 bridgehead atoms. The van der Waals surface area contributed by atoms with Crippen LogP contribution in [0.25, 0.3) is 0 Å². The molecule has 20 heavy (non-hydrogen) atoms. The Labute approximate surface area is 123 Å². The molecule has 0 radical (unpaired) electrons. The third-order valence-electron chi connectivity index (χ3n) is 4.79. The molecular weight excluding hydrogens is 246 g/mol. The van der Waals surface area contributed by atoms with Crippen LogP contribution in [-0.2, 0) is 0 Å². The van der Waals surface area contributed by atoms with Crippen LogP contribution in [0.5, 0.6) is 0 Å². The van der Waals surface area contributed by atoms with E-state index < -0.39 is 0 Å². The van der Waals surface area contributed by atoms with Crippen LogP contribution >= 0.6 is 0 Å². The normalized spacial score (nSPS) is 23.0. The lowest BCUT2D eigenvalue weighted by Crippen LogP contribution is -2.50. The Balaban J connectivity index is 2.11. The van der Waals surface area contributed by atoms with Crippen LogP contribution in [-0.4, -0.2) is 49.6 Å². The van der Waals surface area contributed by atoms with Gasteiger partial charge in [0.1, 0.15) is 0 Å². The first-order valence-corrected chi connectivity index (χ1v) is 7.60. The summed E-state index contributed by atoms with van der Waals surface area (Å²) in [4.78, 5) is 4.86. The van der Waals surface area contributed by atoms with E-state index in [1.807, 2.05) is 0 Å². The molecule has 0 saturated carbocycles. The first-order valence-electron chi connectivity index (χ1n) is 7.60. The molecule has 2 rings (SSSR count). The van der Waals surface area contributed by atoms with Crippen LogP contribution in [0.1, 0.15) is 34.7 Å². The van der Waals surface area contributed by atoms with Gasteiger partial charge < -0.3 is 15.5 Å². The van der Waals surface area contributed by atoms with Gasteiger partial charge in [0.25, 0.3) is 0 Å². The predicted molar refractivity (Wildman–Crippen MR) is 86.1 cm³/mol. The van der Waals surface area contributed by atoms with E-state index in [1.54, 1.807) is 0 Å². The van der Waals surface area contributed by atoms with Crippen LogP contribution in [0.3, 0.4) is 0 Å². The van der Waals surface area contributed by atoms with Crippen molar-refractivity contribution in [2.24, 2.45) is 5.73 Å². The Hall–Kier alpha value is -0.900. The summed E-state index contributed by atoms with van der Waals surface area (Å²) in [5.74, 6) is 0. The van der Waals surface area contributed by atoms with Crippen LogP contribution < -0.4 is 5.73 Å². The lowest BCUT2D eigenvalue weighted by molar-refractivity contribution is 0.104. The zero-order chi connectivity index (χ0) is 14.9. The number of hydrogen-bond acceptors (Lipinski definition) is 3. The van der Waals surface area contributed by atoms with Crippen LogP contribution in [0.4, 0.5) is 0 Å². The molecule has 1 aliphatic heterocycles. The highest BCUT2D eigenvalue weighted by molar-refractivity contribution is 5.38. The zero-order valence-electron chi connectivity index (χ0n) is 13.6. The van der Waals surface area contributed by atoms with Crippen LogP contribution in [0.2, 0.25) is 0 Å². The molecule has 0 aliphatic carbocycles.